The summed E-state index contributed by atoms with van der Waals surface area (Å²) in [7, 11) is -3.25. The molecule has 1 heterocycles. The fraction of sp³-hybridized carbons (Fsp3) is 0.750. The zero-order valence-electron chi connectivity index (χ0n) is 18.4. The molecule has 3 aliphatic carbocycles. The van der Waals surface area contributed by atoms with E-state index in [2.05, 4.69) is 13.0 Å². The van der Waals surface area contributed by atoms with Crippen molar-refractivity contribution in [1.29, 1.82) is 0 Å². The fourth-order valence-electron chi connectivity index (χ4n) is 6.99. The van der Waals surface area contributed by atoms with Crippen molar-refractivity contribution in [3.8, 4) is 0 Å². The van der Waals surface area contributed by atoms with Gasteiger partial charge in [-0.3, -0.25) is 4.79 Å². The molecular weight excluding hydrogens is 400 g/mol. The van der Waals surface area contributed by atoms with E-state index < -0.39 is 15.1 Å². The molecule has 2 saturated carbocycles. The molecule has 2 fully saturated rings. The van der Waals surface area contributed by atoms with Crippen molar-refractivity contribution >= 4 is 22.1 Å². The van der Waals surface area contributed by atoms with Gasteiger partial charge in [-0.25, -0.2) is 8.42 Å². The van der Waals surface area contributed by atoms with Crippen molar-refractivity contribution in [3.63, 3.8) is 0 Å². The Morgan fingerprint density at radius 1 is 1.23 bits per heavy atom. The predicted octanol–water partition coefficient (Wildman–Crippen LogP) is 4.17. The molecule has 0 radical (unpaired) electrons. The zero-order valence-corrected chi connectivity index (χ0v) is 19.2. The van der Waals surface area contributed by atoms with E-state index in [1.807, 2.05) is 6.92 Å². The van der Waals surface area contributed by atoms with E-state index in [4.69, 9.17) is 4.74 Å². The highest BCUT2D eigenvalue weighted by atomic mass is 32.2. The van der Waals surface area contributed by atoms with Gasteiger partial charge in [0.2, 0.25) is 0 Å². The molecule has 0 saturated heterocycles. The summed E-state index contributed by atoms with van der Waals surface area (Å²) in [5.74, 6) is 0.639. The summed E-state index contributed by atoms with van der Waals surface area (Å²) in [5, 5.41) is -0.564. The summed E-state index contributed by atoms with van der Waals surface area (Å²) < 4.78 is 31.6. The minimum atomic E-state index is -3.25. The second-order valence-corrected chi connectivity index (χ2v) is 12.3. The standard InChI is InChI=1S/C24H34O5S/c1-15(13-25)21-8-9-22-17(5-4-10-24(21,22)3)11-23-20-12-19(29-16(2)26)7-6-18(20)14-30(23,27)28/h11,13,15,19,21-23H,4-10,12,14H2,1-3H3/b17-11+/t15-,19+,21-,22+,23+,24-/m1/s1. The number of hydrogen-bond donors (Lipinski definition) is 0. The summed E-state index contributed by atoms with van der Waals surface area (Å²) in [6.07, 6.45) is 10.1. The Morgan fingerprint density at radius 3 is 2.70 bits per heavy atom. The van der Waals surface area contributed by atoms with Crippen LogP contribution in [0.15, 0.2) is 22.8 Å². The summed E-state index contributed by atoms with van der Waals surface area (Å²) in [5.41, 5.74) is 3.37. The van der Waals surface area contributed by atoms with Crippen LogP contribution in [0.4, 0.5) is 0 Å². The van der Waals surface area contributed by atoms with Crippen LogP contribution in [0.2, 0.25) is 0 Å². The average molecular weight is 435 g/mol. The number of hydrogen-bond acceptors (Lipinski definition) is 5. The van der Waals surface area contributed by atoms with Crippen LogP contribution in [0.5, 0.6) is 0 Å². The molecule has 0 aromatic rings. The lowest BCUT2D eigenvalue weighted by molar-refractivity contribution is -0.146. The molecule has 6 atom stereocenters. The van der Waals surface area contributed by atoms with Crippen LogP contribution in [-0.2, 0) is 24.2 Å². The van der Waals surface area contributed by atoms with Gasteiger partial charge in [-0.2, -0.15) is 0 Å². The fourth-order valence-corrected chi connectivity index (χ4v) is 9.06. The highest BCUT2D eigenvalue weighted by Crippen LogP contribution is 2.59. The quantitative estimate of drug-likeness (QED) is 0.377. The van der Waals surface area contributed by atoms with Crippen LogP contribution >= 0.6 is 0 Å². The lowest BCUT2D eigenvalue weighted by Gasteiger charge is -2.43. The second kappa shape index (κ2) is 7.92. The number of ether oxygens (including phenoxy) is 1. The number of carbonyl (C=O) groups is 2. The SMILES string of the molecule is CC(=O)O[C@H]1CCC2=C(C1)[C@H](/C=C1\CCC[C@]3(C)[C@@H]([C@H](C)C=O)CC[C@@H]13)S(=O)(=O)C2. The monoisotopic (exact) mass is 434 g/mol. The van der Waals surface area contributed by atoms with Crippen molar-refractivity contribution in [2.45, 2.75) is 83.5 Å². The molecular formula is C24H34O5S. The van der Waals surface area contributed by atoms with Crippen LogP contribution in [0, 0.1) is 23.2 Å². The molecule has 6 heteroatoms. The first-order chi connectivity index (χ1) is 14.2. The van der Waals surface area contributed by atoms with Crippen LogP contribution < -0.4 is 0 Å². The Kier molecular flexibility index (Phi) is 5.75. The van der Waals surface area contributed by atoms with Gasteiger partial charge in [-0.1, -0.05) is 31.1 Å². The summed E-state index contributed by atoms with van der Waals surface area (Å²) in [6, 6.07) is 0. The van der Waals surface area contributed by atoms with Crippen LogP contribution in [-0.4, -0.2) is 37.8 Å². The molecule has 5 nitrogen and oxygen atoms in total. The summed E-state index contributed by atoms with van der Waals surface area (Å²) in [6.45, 7) is 5.75. The van der Waals surface area contributed by atoms with Gasteiger partial charge in [0.1, 0.15) is 17.6 Å². The van der Waals surface area contributed by atoms with Crippen LogP contribution in [0.3, 0.4) is 0 Å². The highest BCUT2D eigenvalue weighted by Gasteiger charge is 2.51. The molecule has 1 aliphatic heterocycles. The molecule has 0 spiro atoms. The number of carbonyl (C=O) groups excluding carboxylic acids is 2. The molecule has 30 heavy (non-hydrogen) atoms. The second-order valence-electron chi connectivity index (χ2n) is 10.2. The van der Waals surface area contributed by atoms with Crippen molar-refractivity contribution in [1.82, 2.24) is 0 Å². The lowest BCUT2D eigenvalue weighted by atomic mass is 9.61. The third-order valence-corrected chi connectivity index (χ3v) is 10.3. The van der Waals surface area contributed by atoms with E-state index in [1.54, 1.807) is 0 Å². The molecule has 0 aromatic heterocycles. The normalized spacial score (nSPS) is 40.0. The Hall–Kier alpha value is -1.43. The Labute approximate surface area is 180 Å². The molecule has 166 valence electrons. The molecule has 0 N–H and O–H groups in total. The van der Waals surface area contributed by atoms with E-state index in [1.165, 1.54) is 12.5 Å². The van der Waals surface area contributed by atoms with Gasteiger partial charge in [0, 0.05) is 19.3 Å². The smallest absolute Gasteiger partial charge is 0.302 e. The average Bonchev–Trinajstić information content (AvgIpc) is 3.15. The number of esters is 1. The van der Waals surface area contributed by atoms with Gasteiger partial charge >= 0.3 is 5.97 Å². The van der Waals surface area contributed by atoms with E-state index >= 15 is 0 Å². The predicted molar refractivity (Wildman–Crippen MR) is 115 cm³/mol. The Bertz CT molecular complexity index is 899. The summed E-state index contributed by atoms with van der Waals surface area (Å²) in [4.78, 5) is 22.9. The molecule has 0 unspecified atom stereocenters. The number of fused-ring (bicyclic) bond motifs is 1. The van der Waals surface area contributed by atoms with E-state index in [9.17, 15) is 18.0 Å². The topological polar surface area (TPSA) is 77.5 Å². The highest BCUT2D eigenvalue weighted by molar-refractivity contribution is 7.92. The number of rotatable bonds is 4. The first kappa shape index (κ1) is 21.8. The van der Waals surface area contributed by atoms with E-state index in [0.717, 1.165) is 49.5 Å². The van der Waals surface area contributed by atoms with Gasteiger partial charge in [0.25, 0.3) is 0 Å². The lowest BCUT2D eigenvalue weighted by Crippen LogP contribution is -2.37. The van der Waals surface area contributed by atoms with E-state index in [-0.39, 0.29) is 29.2 Å². The van der Waals surface area contributed by atoms with Gasteiger partial charge in [0.15, 0.2) is 9.84 Å². The Balaban J connectivity index is 1.63. The van der Waals surface area contributed by atoms with Crippen molar-refractivity contribution in [2.75, 3.05) is 5.75 Å². The van der Waals surface area contributed by atoms with Crippen LogP contribution in [0.1, 0.15) is 72.1 Å². The van der Waals surface area contributed by atoms with Gasteiger partial charge in [-0.05, 0) is 67.8 Å². The molecule has 4 aliphatic rings. The maximum Gasteiger partial charge on any atom is 0.302 e. The van der Waals surface area contributed by atoms with Crippen molar-refractivity contribution in [3.05, 3.63) is 22.8 Å². The first-order valence-corrected chi connectivity index (χ1v) is 13.1. The third kappa shape index (κ3) is 3.69. The summed E-state index contributed by atoms with van der Waals surface area (Å²) >= 11 is 0. The minimum absolute atomic E-state index is 0.0479. The first-order valence-electron chi connectivity index (χ1n) is 11.4. The van der Waals surface area contributed by atoms with Crippen molar-refractivity contribution < 1.29 is 22.7 Å². The minimum Gasteiger partial charge on any atom is -0.462 e. The molecule has 4 rings (SSSR count). The van der Waals surface area contributed by atoms with Gasteiger partial charge in [-0.15, -0.1) is 0 Å². The largest absolute Gasteiger partial charge is 0.462 e. The molecule has 0 aromatic carbocycles. The van der Waals surface area contributed by atoms with Gasteiger partial charge in [0.05, 0.1) is 5.75 Å². The van der Waals surface area contributed by atoms with Crippen molar-refractivity contribution in [2.24, 2.45) is 23.2 Å². The maximum atomic E-state index is 13.1. The third-order valence-electron chi connectivity index (χ3n) is 8.36. The Morgan fingerprint density at radius 2 is 2.00 bits per heavy atom. The van der Waals surface area contributed by atoms with E-state index in [0.29, 0.717) is 31.1 Å². The molecule has 0 bridgehead atoms. The van der Waals surface area contributed by atoms with Gasteiger partial charge < -0.3 is 9.53 Å². The maximum absolute atomic E-state index is 13.1. The number of aldehydes is 1. The molecule has 0 amide bonds. The van der Waals surface area contributed by atoms with Crippen LogP contribution in [0.25, 0.3) is 0 Å². The zero-order chi connectivity index (χ0) is 21.7. The number of allylic oxidation sites excluding steroid dienone is 1. The number of sulfone groups is 1.